The van der Waals surface area contributed by atoms with E-state index in [0.29, 0.717) is 0 Å². The van der Waals surface area contributed by atoms with Gasteiger partial charge < -0.3 is 4.57 Å². The predicted molar refractivity (Wildman–Crippen MR) is 66.2 cm³/mol. The van der Waals surface area contributed by atoms with E-state index in [2.05, 4.69) is 46.9 Å². The molecule has 82 valence electrons. The van der Waals surface area contributed by atoms with Gasteiger partial charge in [-0.3, -0.25) is 4.90 Å². The highest BCUT2D eigenvalue weighted by Gasteiger charge is 2.25. The zero-order valence-corrected chi connectivity index (χ0v) is 9.70. The minimum absolute atomic E-state index is 1.08. The van der Waals surface area contributed by atoms with Crippen LogP contribution < -0.4 is 4.90 Å². The monoisotopic (exact) mass is 214 g/mol. The van der Waals surface area contributed by atoms with E-state index in [1.165, 1.54) is 27.3 Å². The van der Waals surface area contributed by atoms with Crippen LogP contribution in [-0.2, 0) is 6.54 Å². The van der Waals surface area contributed by atoms with Gasteiger partial charge in [0, 0.05) is 18.0 Å². The number of quaternary nitrogens is 1. The Hall–Kier alpha value is -1.61. The molecule has 1 aromatic carbocycles. The standard InChI is InChI=1S/C13H15N3/c1-14-13-12-9-10-5-3-4-6-11(10)16(12)8-7-15(13)2/h3-6,9H,7-8H2,1-2H3/p+1. The number of nitrogens with one attached hydrogen (secondary N) is 1. The highest BCUT2D eigenvalue weighted by atomic mass is 15.2. The molecule has 0 spiro atoms. The van der Waals surface area contributed by atoms with Gasteiger partial charge in [0.15, 0.2) is 0 Å². The maximum atomic E-state index is 4.42. The maximum Gasteiger partial charge on any atom is 0.245 e. The van der Waals surface area contributed by atoms with Crippen molar-refractivity contribution in [2.45, 2.75) is 6.54 Å². The van der Waals surface area contributed by atoms with Gasteiger partial charge in [0.1, 0.15) is 12.2 Å². The second kappa shape index (κ2) is 3.46. The van der Waals surface area contributed by atoms with E-state index in [9.17, 15) is 0 Å². The molecule has 1 unspecified atom stereocenters. The molecule has 3 rings (SSSR count). The molecule has 3 nitrogen and oxygen atoms in total. The van der Waals surface area contributed by atoms with E-state index < -0.39 is 0 Å². The van der Waals surface area contributed by atoms with Crippen molar-refractivity contribution < 1.29 is 4.90 Å². The van der Waals surface area contributed by atoms with Crippen LogP contribution in [0.5, 0.6) is 0 Å². The van der Waals surface area contributed by atoms with Crippen LogP contribution in [0.15, 0.2) is 35.3 Å². The fraction of sp³-hybridized carbons (Fsp3) is 0.308. The summed E-state index contributed by atoms with van der Waals surface area (Å²) in [5, 5.41) is 1.31. The smallest absolute Gasteiger partial charge is 0.245 e. The van der Waals surface area contributed by atoms with Crippen LogP contribution in [0.3, 0.4) is 0 Å². The van der Waals surface area contributed by atoms with Crippen LogP contribution in [0.1, 0.15) is 5.69 Å². The molecule has 0 saturated carbocycles. The number of benzene rings is 1. The SMILES string of the molecule is CN=C1c2cc3ccccc3n2CC[NH+]1C. The second-order valence-electron chi connectivity index (χ2n) is 4.34. The molecule has 0 saturated heterocycles. The lowest BCUT2D eigenvalue weighted by molar-refractivity contribution is -0.785. The van der Waals surface area contributed by atoms with Gasteiger partial charge in [-0.15, -0.1) is 0 Å². The van der Waals surface area contributed by atoms with Crippen LogP contribution in [0.4, 0.5) is 0 Å². The molecular formula is C13H16N3+. The Bertz CT molecular complexity index is 566. The molecule has 1 aliphatic heterocycles. The van der Waals surface area contributed by atoms with E-state index >= 15 is 0 Å². The predicted octanol–water partition coefficient (Wildman–Crippen LogP) is 0.546. The normalized spacial score (nSPS) is 22.6. The van der Waals surface area contributed by atoms with Crippen molar-refractivity contribution in [1.82, 2.24) is 4.57 Å². The molecular weight excluding hydrogens is 198 g/mol. The zero-order valence-electron chi connectivity index (χ0n) is 9.70. The molecule has 0 fully saturated rings. The van der Waals surface area contributed by atoms with Crippen molar-refractivity contribution in [3.05, 3.63) is 36.0 Å². The number of para-hydroxylation sites is 1. The van der Waals surface area contributed by atoms with Gasteiger partial charge in [0.25, 0.3) is 0 Å². The van der Waals surface area contributed by atoms with E-state index in [4.69, 9.17) is 0 Å². The van der Waals surface area contributed by atoms with Gasteiger partial charge >= 0.3 is 0 Å². The molecule has 2 heterocycles. The summed E-state index contributed by atoms with van der Waals surface area (Å²) in [6, 6.07) is 10.8. The van der Waals surface area contributed by atoms with Crippen LogP contribution >= 0.6 is 0 Å². The maximum absolute atomic E-state index is 4.42. The summed E-state index contributed by atoms with van der Waals surface area (Å²) < 4.78 is 2.38. The van der Waals surface area contributed by atoms with Crippen molar-refractivity contribution in [2.24, 2.45) is 4.99 Å². The van der Waals surface area contributed by atoms with Crippen LogP contribution in [0.2, 0.25) is 0 Å². The number of likely N-dealkylation sites (N-methyl/N-ethyl adjacent to an activating group) is 1. The molecule has 1 atom stereocenters. The molecule has 1 aliphatic rings. The molecule has 1 aromatic heterocycles. The highest BCUT2D eigenvalue weighted by molar-refractivity contribution is 5.97. The van der Waals surface area contributed by atoms with Crippen molar-refractivity contribution in [3.63, 3.8) is 0 Å². The van der Waals surface area contributed by atoms with Crippen LogP contribution in [0, 0.1) is 0 Å². The number of nitrogens with zero attached hydrogens (tertiary/aromatic N) is 2. The molecule has 2 aromatic rings. The lowest BCUT2D eigenvalue weighted by Gasteiger charge is -2.23. The van der Waals surface area contributed by atoms with Gasteiger partial charge in [-0.1, -0.05) is 18.2 Å². The summed E-state index contributed by atoms with van der Waals surface area (Å²) in [5.41, 5.74) is 2.60. The number of hydrogen-bond acceptors (Lipinski definition) is 1. The first-order valence-electron chi connectivity index (χ1n) is 5.69. The minimum atomic E-state index is 1.08. The number of rotatable bonds is 0. The van der Waals surface area contributed by atoms with Gasteiger partial charge in [-0.25, -0.2) is 4.99 Å². The van der Waals surface area contributed by atoms with E-state index in [1.807, 2.05) is 7.05 Å². The average Bonchev–Trinajstić information content (AvgIpc) is 2.67. The summed E-state index contributed by atoms with van der Waals surface area (Å²) in [5.74, 6) is 1.17. The second-order valence-corrected chi connectivity index (χ2v) is 4.34. The minimum Gasteiger partial charge on any atom is -0.329 e. The number of fused-ring (bicyclic) bond motifs is 3. The van der Waals surface area contributed by atoms with Crippen LogP contribution in [-0.4, -0.2) is 31.0 Å². The van der Waals surface area contributed by atoms with E-state index in [1.54, 1.807) is 0 Å². The Morgan fingerprint density at radius 3 is 2.94 bits per heavy atom. The Balaban J connectivity index is 2.31. The third-order valence-corrected chi connectivity index (χ3v) is 3.39. The fourth-order valence-corrected chi connectivity index (χ4v) is 2.57. The third kappa shape index (κ3) is 1.21. The van der Waals surface area contributed by atoms with E-state index in [0.717, 1.165) is 13.1 Å². The fourth-order valence-electron chi connectivity index (χ4n) is 2.57. The quantitative estimate of drug-likeness (QED) is 0.661. The summed E-state index contributed by atoms with van der Waals surface area (Å²) in [4.78, 5) is 5.82. The van der Waals surface area contributed by atoms with Gasteiger partial charge in [-0.05, 0) is 12.1 Å². The van der Waals surface area contributed by atoms with Crippen molar-refractivity contribution in [3.8, 4) is 0 Å². The number of hydrogen-bond donors (Lipinski definition) is 1. The molecule has 0 amide bonds. The molecule has 0 aliphatic carbocycles. The number of aromatic nitrogens is 1. The van der Waals surface area contributed by atoms with Crippen molar-refractivity contribution in [2.75, 3.05) is 20.6 Å². The zero-order chi connectivity index (χ0) is 11.1. The van der Waals surface area contributed by atoms with Gasteiger partial charge in [0.2, 0.25) is 5.84 Å². The third-order valence-electron chi connectivity index (χ3n) is 3.39. The summed E-state index contributed by atoms with van der Waals surface area (Å²) in [6.07, 6.45) is 0. The largest absolute Gasteiger partial charge is 0.329 e. The molecule has 0 bridgehead atoms. The lowest BCUT2D eigenvalue weighted by atomic mass is 10.2. The topological polar surface area (TPSA) is 21.7 Å². The summed E-state index contributed by atoms with van der Waals surface area (Å²) >= 11 is 0. The first-order valence-corrected chi connectivity index (χ1v) is 5.69. The van der Waals surface area contributed by atoms with Crippen molar-refractivity contribution >= 4 is 16.7 Å². The van der Waals surface area contributed by atoms with Gasteiger partial charge in [-0.2, -0.15) is 0 Å². The summed E-state index contributed by atoms with van der Waals surface area (Å²) in [6.45, 7) is 2.19. The average molecular weight is 214 g/mol. The van der Waals surface area contributed by atoms with Crippen molar-refractivity contribution in [1.29, 1.82) is 0 Å². The Morgan fingerprint density at radius 1 is 1.31 bits per heavy atom. The number of aliphatic imine (C=N–C) groups is 1. The molecule has 16 heavy (non-hydrogen) atoms. The highest BCUT2D eigenvalue weighted by Crippen LogP contribution is 2.20. The summed E-state index contributed by atoms with van der Waals surface area (Å²) in [7, 11) is 4.07. The lowest BCUT2D eigenvalue weighted by Crippen LogP contribution is -3.13. The Kier molecular flexibility index (Phi) is 2.07. The number of amidine groups is 1. The Labute approximate surface area is 95.0 Å². The molecule has 3 heteroatoms. The van der Waals surface area contributed by atoms with E-state index in [-0.39, 0.29) is 0 Å². The van der Waals surface area contributed by atoms with Crippen LogP contribution in [0.25, 0.3) is 10.9 Å². The van der Waals surface area contributed by atoms with Gasteiger partial charge in [0.05, 0.1) is 13.6 Å². The Morgan fingerprint density at radius 2 is 2.12 bits per heavy atom. The molecule has 1 N–H and O–H groups in total. The first kappa shape index (κ1) is 9.60. The molecule has 0 radical (unpaired) electrons. The first-order chi connectivity index (χ1) is 7.81.